The van der Waals surface area contributed by atoms with Crippen molar-refractivity contribution in [2.24, 2.45) is 5.92 Å². The van der Waals surface area contributed by atoms with E-state index in [0.717, 1.165) is 0 Å². The monoisotopic (exact) mass is 251 g/mol. The Hall–Kier alpha value is -2.11. The normalized spacial score (nSPS) is 12.2. The van der Waals surface area contributed by atoms with Crippen LogP contribution in [0.3, 0.4) is 0 Å². The van der Waals surface area contributed by atoms with Crippen LogP contribution in [0.2, 0.25) is 0 Å². The Labute approximate surface area is 105 Å². The highest BCUT2D eigenvalue weighted by atomic mass is 16.4. The van der Waals surface area contributed by atoms with E-state index in [9.17, 15) is 9.59 Å². The molecule has 1 amide bonds. The zero-order valence-electron chi connectivity index (χ0n) is 10.4. The van der Waals surface area contributed by atoms with Gasteiger partial charge in [-0.15, -0.1) is 0 Å². The van der Waals surface area contributed by atoms with Crippen LogP contribution in [0.1, 0.15) is 30.8 Å². The molecule has 0 bridgehead atoms. The molecule has 1 heterocycles. The number of carboxylic acids is 1. The third-order valence-corrected chi connectivity index (χ3v) is 2.36. The molecule has 4 N–H and O–H groups in total. The second-order valence-corrected chi connectivity index (χ2v) is 4.44. The summed E-state index contributed by atoms with van der Waals surface area (Å²) < 4.78 is 0. The molecule has 0 saturated heterocycles. The van der Waals surface area contributed by atoms with Gasteiger partial charge in [-0.25, -0.2) is 9.78 Å². The van der Waals surface area contributed by atoms with E-state index in [1.165, 1.54) is 6.20 Å². The van der Waals surface area contributed by atoms with Gasteiger partial charge in [0, 0.05) is 6.20 Å². The van der Waals surface area contributed by atoms with E-state index in [2.05, 4.69) is 10.3 Å². The standard InChI is InChI=1S/C12H17N3O3/c1-7(2)6-9(12(17)18)15-11(16)10-8(13)4-3-5-14-10/h3-5,7,9H,6,13H2,1-2H3,(H,15,16)(H,17,18)/t9-/m0/s1. The first-order chi connectivity index (χ1) is 8.41. The number of nitrogens with two attached hydrogens (primary N) is 1. The van der Waals surface area contributed by atoms with Gasteiger partial charge in [-0.3, -0.25) is 4.79 Å². The summed E-state index contributed by atoms with van der Waals surface area (Å²) in [6, 6.07) is 2.22. The highest BCUT2D eigenvalue weighted by Gasteiger charge is 2.23. The van der Waals surface area contributed by atoms with Crippen molar-refractivity contribution in [3.05, 3.63) is 24.0 Å². The molecule has 6 nitrogen and oxygen atoms in total. The van der Waals surface area contributed by atoms with Crippen LogP contribution >= 0.6 is 0 Å². The SMILES string of the molecule is CC(C)C[C@H](NC(=O)c1ncccc1N)C(=O)O. The summed E-state index contributed by atoms with van der Waals surface area (Å²) in [6.45, 7) is 3.77. The Morgan fingerprint density at radius 1 is 1.50 bits per heavy atom. The first-order valence-electron chi connectivity index (χ1n) is 5.66. The number of rotatable bonds is 5. The van der Waals surface area contributed by atoms with E-state index < -0.39 is 17.9 Å². The van der Waals surface area contributed by atoms with Crippen molar-refractivity contribution in [3.8, 4) is 0 Å². The number of nitrogen functional groups attached to an aromatic ring is 1. The maximum absolute atomic E-state index is 11.8. The number of carbonyl (C=O) groups excluding carboxylic acids is 1. The van der Waals surface area contributed by atoms with E-state index in [1.807, 2.05) is 13.8 Å². The number of carboxylic acid groups (broad SMARTS) is 1. The van der Waals surface area contributed by atoms with Crippen LogP contribution in [0.15, 0.2) is 18.3 Å². The van der Waals surface area contributed by atoms with Crippen LogP contribution in [0.4, 0.5) is 5.69 Å². The molecule has 0 aliphatic rings. The smallest absolute Gasteiger partial charge is 0.326 e. The summed E-state index contributed by atoms with van der Waals surface area (Å²) in [6.07, 6.45) is 1.79. The maximum atomic E-state index is 11.8. The number of amides is 1. The first-order valence-corrected chi connectivity index (χ1v) is 5.66. The van der Waals surface area contributed by atoms with Gasteiger partial charge in [-0.2, -0.15) is 0 Å². The lowest BCUT2D eigenvalue weighted by Crippen LogP contribution is -2.42. The van der Waals surface area contributed by atoms with Gasteiger partial charge in [-0.05, 0) is 24.5 Å². The molecular weight excluding hydrogens is 234 g/mol. The largest absolute Gasteiger partial charge is 0.480 e. The Bertz CT molecular complexity index is 446. The molecule has 0 saturated carbocycles. The van der Waals surface area contributed by atoms with Crippen molar-refractivity contribution >= 4 is 17.6 Å². The molecule has 1 rings (SSSR count). The van der Waals surface area contributed by atoms with Gasteiger partial charge in [0.15, 0.2) is 5.69 Å². The van der Waals surface area contributed by atoms with Gasteiger partial charge in [0.1, 0.15) is 6.04 Å². The van der Waals surface area contributed by atoms with Gasteiger partial charge >= 0.3 is 5.97 Å². The molecule has 0 radical (unpaired) electrons. The molecule has 18 heavy (non-hydrogen) atoms. The zero-order valence-corrected chi connectivity index (χ0v) is 10.4. The average molecular weight is 251 g/mol. The van der Waals surface area contributed by atoms with Crippen molar-refractivity contribution in [3.63, 3.8) is 0 Å². The lowest BCUT2D eigenvalue weighted by Gasteiger charge is -2.16. The highest BCUT2D eigenvalue weighted by molar-refractivity contribution is 5.98. The molecule has 98 valence electrons. The molecule has 0 aliphatic carbocycles. The fourth-order valence-electron chi connectivity index (χ4n) is 1.53. The molecular formula is C12H17N3O3. The lowest BCUT2D eigenvalue weighted by molar-refractivity contribution is -0.139. The molecule has 1 aromatic rings. The Balaban J connectivity index is 2.79. The van der Waals surface area contributed by atoms with Crippen molar-refractivity contribution in [2.45, 2.75) is 26.3 Å². The highest BCUT2D eigenvalue weighted by Crippen LogP contribution is 2.09. The van der Waals surface area contributed by atoms with E-state index >= 15 is 0 Å². The van der Waals surface area contributed by atoms with Crippen LogP contribution < -0.4 is 11.1 Å². The Kier molecular flexibility index (Phi) is 4.65. The summed E-state index contributed by atoms with van der Waals surface area (Å²) >= 11 is 0. The number of nitrogens with zero attached hydrogens (tertiary/aromatic N) is 1. The number of pyridine rings is 1. The third kappa shape index (κ3) is 3.73. The zero-order chi connectivity index (χ0) is 13.7. The number of carbonyl (C=O) groups is 2. The predicted octanol–water partition coefficient (Wildman–Crippen LogP) is 0.893. The summed E-state index contributed by atoms with van der Waals surface area (Å²) in [4.78, 5) is 26.7. The first kappa shape index (κ1) is 14.0. The molecule has 0 fully saturated rings. The minimum Gasteiger partial charge on any atom is -0.480 e. The van der Waals surface area contributed by atoms with E-state index in [0.29, 0.717) is 6.42 Å². The maximum Gasteiger partial charge on any atom is 0.326 e. The molecule has 0 unspecified atom stereocenters. The van der Waals surface area contributed by atoms with Gasteiger partial charge < -0.3 is 16.2 Å². The number of hydrogen-bond donors (Lipinski definition) is 3. The quantitative estimate of drug-likeness (QED) is 0.720. The average Bonchev–Trinajstić information content (AvgIpc) is 2.27. The predicted molar refractivity (Wildman–Crippen MR) is 67.0 cm³/mol. The number of aromatic nitrogens is 1. The summed E-state index contributed by atoms with van der Waals surface area (Å²) in [7, 11) is 0. The minimum atomic E-state index is -1.06. The molecule has 6 heteroatoms. The minimum absolute atomic E-state index is 0.0486. The van der Waals surface area contributed by atoms with Crippen LogP contribution in [-0.2, 0) is 4.79 Å². The van der Waals surface area contributed by atoms with E-state index in [1.54, 1.807) is 12.1 Å². The van der Waals surface area contributed by atoms with Crippen molar-refractivity contribution < 1.29 is 14.7 Å². The van der Waals surface area contributed by atoms with Gasteiger partial charge in [0.25, 0.3) is 5.91 Å². The fraction of sp³-hybridized carbons (Fsp3) is 0.417. The Morgan fingerprint density at radius 3 is 2.67 bits per heavy atom. The number of nitrogens with one attached hydrogen (secondary N) is 1. The van der Waals surface area contributed by atoms with Crippen LogP contribution in [0, 0.1) is 5.92 Å². The lowest BCUT2D eigenvalue weighted by atomic mass is 10.0. The van der Waals surface area contributed by atoms with Crippen molar-refractivity contribution in [2.75, 3.05) is 5.73 Å². The third-order valence-electron chi connectivity index (χ3n) is 2.36. The molecule has 0 spiro atoms. The van der Waals surface area contributed by atoms with Gasteiger partial charge in [0.2, 0.25) is 0 Å². The topological polar surface area (TPSA) is 105 Å². The number of anilines is 1. The van der Waals surface area contributed by atoms with Crippen molar-refractivity contribution in [1.29, 1.82) is 0 Å². The number of aliphatic carboxylic acids is 1. The fourth-order valence-corrected chi connectivity index (χ4v) is 1.53. The summed E-state index contributed by atoms with van der Waals surface area (Å²) in [5.74, 6) is -1.47. The number of hydrogen-bond acceptors (Lipinski definition) is 4. The van der Waals surface area contributed by atoms with E-state index in [4.69, 9.17) is 10.8 Å². The second-order valence-electron chi connectivity index (χ2n) is 4.44. The van der Waals surface area contributed by atoms with Crippen LogP contribution in [-0.4, -0.2) is 28.0 Å². The van der Waals surface area contributed by atoms with Crippen molar-refractivity contribution in [1.82, 2.24) is 10.3 Å². The second kappa shape index (κ2) is 6.00. The van der Waals surface area contributed by atoms with Crippen LogP contribution in [0.25, 0.3) is 0 Å². The Morgan fingerprint density at radius 2 is 2.17 bits per heavy atom. The molecule has 1 aromatic heterocycles. The van der Waals surface area contributed by atoms with Gasteiger partial charge in [-0.1, -0.05) is 13.8 Å². The summed E-state index contributed by atoms with van der Waals surface area (Å²) in [5, 5.41) is 11.4. The van der Waals surface area contributed by atoms with Gasteiger partial charge in [0.05, 0.1) is 5.69 Å². The van der Waals surface area contributed by atoms with Crippen LogP contribution in [0.5, 0.6) is 0 Å². The molecule has 0 aromatic carbocycles. The molecule has 1 atom stereocenters. The van der Waals surface area contributed by atoms with E-state index in [-0.39, 0.29) is 17.3 Å². The molecule has 0 aliphatic heterocycles. The summed E-state index contributed by atoms with van der Waals surface area (Å²) in [5.41, 5.74) is 5.88.